The number of ether oxygens (including phenoxy) is 1. The van der Waals surface area contributed by atoms with E-state index < -0.39 is 0 Å². The van der Waals surface area contributed by atoms with E-state index in [1.54, 1.807) is 6.20 Å². The molecule has 0 aromatic rings. The van der Waals surface area contributed by atoms with Crippen LogP contribution >= 0.6 is 0 Å². The molecule has 92 valence electrons. The highest BCUT2D eigenvalue weighted by Crippen LogP contribution is 2.03. The average molecular weight is 227 g/mol. The fourth-order valence-corrected chi connectivity index (χ4v) is 1.41. The fourth-order valence-electron chi connectivity index (χ4n) is 1.41. The first-order chi connectivity index (χ1) is 7.41. The molecule has 0 radical (unpaired) electrons. The summed E-state index contributed by atoms with van der Waals surface area (Å²) in [5.74, 6) is -0.143. The maximum atomic E-state index is 11.2. The van der Waals surface area contributed by atoms with E-state index in [4.69, 9.17) is 4.74 Å². The van der Waals surface area contributed by atoms with E-state index in [1.165, 1.54) is 0 Å². The summed E-state index contributed by atoms with van der Waals surface area (Å²) < 4.78 is 5.58. The lowest BCUT2D eigenvalue weighted by molar-refractivity contribution is -0.885. The maximum absolute atomic E-state index is 11.2. The van der Waals surface area contributed by atoms with Crippen molar-refractivity contribution in [3.63, 3.8) is 0 Å². The van der Waals surface area contributed by atoms with Crippen LogP contribution in [0.3, 0.4) is 0 Å². The Hall–Kier alpha value is -1.29. The second-order valence-corrected chi connectivity index (χ2v) is 4.32. The molecule has 0 aromatic carbocycles. The number of rotatable bonds is 8. The third kappa shape index (κ3) is 7.06. The molecule has 0 aliphatic rings. The normalized spacial score (nSPS) is 10.7. The lowest BCUT2D eigenvalue weighted by atomic mass is 10.3. The summed E-state index contributed by atoms with van der Waals surface area (Å²) in [6.45, 7) is 11.2. The first kappa shape index (κ1) is 14.7. The predicted octanol–water partition coefficient (Wildman–Crippen LogP) is 1.26. The molecule has 0 bridgehead atoms. The van der Waals surface area contributed by atoms with E-state index in [-0.39, 0.29) is 5.97 Å². The Morgan fingerprint density at radius 1 is 1.50 bits per heavy atom. The Morgan fingerprint density at radius 3 is 2.62 bits per heavy atom. The summed E-state index contributed by atoms with van der Waals surface area (Å²) in [5, 5.41) is 2.95. The molecule has 0 amide bonds. The van der Waals surface area contributed by atoms with Crippen LogP contribution in [0.2, 0.25) is 0 Å². The van der Waals surface area contributed by atoms with Crippen molar-refractivity contribution in [2.45, 2.75) is 13.3 Å². The summed E-state index contributed by atoms with van der Waals surface area (Å²) in [4.78, 5) is 11.2. The molecule has 0 aromatic heterocycles. The molecule has 0 spiro atoms. The number of nitrogens with zero attached hydrogens (tertiary/aromatic N) is 1. The summed E-state index contributed by atoms with van der Waals surface area (Å²) in [7, 11) is 4.10. The largest absolute Gasteiger partial charge is 0.466 e. The fraction of sp³-hybridized carbons (Fsp3) is 0.583. The third-order valence-electron chi connectivity index (χ3n) is 2.15. The van der Waals surface area contributed by atoms with E-state index in [0.717, 1.165) is 18.8 Å². The van der Waals surface area contributed by atoms with E-state index in [2.05, 4.69) is 32.6 Å². The molecule has 0 saturated heterocycles. The minimum atomic E-state index is -0.143. The minimum Gasteiger partial charge on any atom is -0.466 e. The lowest BCUT2D eigenvalue weighted by Gasteiger charge is -2.30. The highest BCUT2D eigenvalue weighted by Gasteiger charge is 2.18. The van der Waals surface area contributed by atoms with Crippen LogP contribution in [-0.4, -0.2) is 44.2 Å². The number of nitrogens with one attached hydrogen (secondary N) is 1. The van der Waals surface area contributed by atoms with Crippen molar-refractivity contribution in [3.05, 3.63) is 25.1 Å². The molecular weight excluding hydrogens is 204 g/mol. The minimum absolute atomic E-state index is 0.143. The van der Waals surface area contributed by atoms with Gasteiger partial charge in [-0.2, -0.15) is 0 Å². The van der Waals surface area contributed by atoms with Crippen molar-refractivity contribution in [1.29, 1.82) is 0 Å². The number of esters is 1. The Labute approximate surface area is 98.2 Å². The second-order valence-electron chi connectivity index (χ2n) is 4.32. The van der Waals surface area contributed by atoms with Crippen LogP contribution in [-0.2, 0) is 9.53 Å². The third-order valence-corrected chi connectivity index (χ3v) is 2.15. The van der Waals surface area contributed by atoms with Gasteiger partial charge in [-0.1, -0.05) is 13.2 Å². The van der Waals surface area contributed by atoms with Crippen LogP contribution in [0.25, 0.3) is 0 Å². The zero-order valence-corrected chi connectivity index (χ0v) is 10.6. The van der Waals surface area contributed by atoms with Crippen molar-refractivity contribution >= 4 is 5.97 Å². The second kappa shape index (κ2) is 7.06. The van der Waals surface area contributed by atoms with Crippen LogP contribution in [0, 0.1) is 0 Å². The van der Waals surface area contributed by atoms with Gasteiger partial charge in [-0.3, -0.25) is 4.79 Å². The van der Waals surface area contributed by atoms with Crippen molar-refractivity contribution in [1.82, 2.24) is 5.32 Å². The molecule has 0 atom stereocenters. The summed E-state index contributed by atoms with van der Waals surface area (Å²) in [5.41, 5.74) is 0.892. The van der Waals surface area contributed by atoms with Gasteiger partial charge in [0.25, 0.3) is 0 Å². The predicted molar refractivity (Wildman–Crippen MR) is 65.6 cm³/mol. The Morgan fingerprint density at radius 2 is 2.12 bits per heavy atom. The van der Waals surface area contributed by atoms with Gasteiger partial charge >= 0.3 is 5.97 Å². The van der Waals surface area contributed by atoms with Crippen molar-refractivity contribution in [3.8, 4) is 0 Å². The first-order valence-corrected chi connectivity index (χ1v) is 5.44. The van der Waals surface area contributed by atoms with Gasteiger partial charge < -0.3 is 14.5 Å². The molecule has 0 aliphatic heterocycles. The number of likely N-dealkylation sites (N-methyl/N-ethyl adjacent to an activating group) is 1. The number of carbonyl (C=O) groups is 1. The molecule has 0 unspecified atom stereocenters. The van der Waals surface area contributed by atoms with E-state index in [1.807, 2.05) is 6.92 Å². The highest BCUT2D eigenvalue weighted by atomic mass is 16.5. The van der Waals surface area contributed by atoms with Crippen molar-refractivity contribution in [2.24, 2.45) is 0 Å². The molecule has 0 aliphatic carbocycles. The number of quaternary nitrogens is 1. The molecule has 1 N–H and O–H groups in total. The van der Waals surface area contributed by atoms with Crippen molar-refractivity contribution in [2.75, 3.05) is 33.8 Å². The standard InChI is InChI=1S/C12H23N2O2/c1-6-13-11(3)10-14(4,5)9-8-12(15)16-7-2/h6,13H,1,3,7-10H2,2,4-5H3/q+1. The molecule has 4 nitrogen and oxygen atoms in total. The van der Waals surface area contributed by atoms with Gasteiger partial charge in [0.1, 0.15) is 6.54 Å². The molecule has 0 rings (SSSR count). The zero-order valence-electron chi connectivity index (χ0n) is 10.6. The number of carbonyl (C=O) groups excluding carboxylic acids is 1. The molecule has 4 heteroatoms. The quantitative estimate of drug-likeness (QED) is 0.501. The number of hydrogen-bond donors (Lipinski definition) is 1. The maximum Gasteiger partial charge on any atom is 0.311 e. The van der Waals surface area contributed by atoms with Crippen LogP contribution in [0.4, 0.5) is 0 Å². The average Bonchev–Trinajstić information content (AvgIpc) is 2.15. The smallest absolute Gasteiger partial charge is 0.311 e. The van der Waals surface area contributed by atoms with Gasteiger partial charge in [0, 0.05) is 0 Å². The van der Waals surface area contributed by atoms with Gasteiger partial charge in [0.15, 0.2) is 0 Å². The van der Waals surface area contributed by atoms with Crippen molar-refractivity contribution < 1.29 is 14.0 Å². The number of hydrogen-bond acceptors (Lipinski definition) is 3. The molecule has 0 heterocycles. The molecule has 16 heavy (non-hydrogen) atoms. The Bertz CT molecular complexity index is 260. The molecular formula is C12H23N2O2+. The van der Waals surface area contributed by atoms with Crippen LogP contribution in [0.15, 0.2) is 25.1 Å². The van der Waals surface area contributed by atoms with E-state index in [0.29, 0.717) is 17.5 Å². The molecule has 0 saturated carbocycles. The highest BCUT2D eigenvalue weighted by molar-refractivity contribution is 5.69. The van der Waals surface area contributed by atoms with E-state index >= 15 is 0 Å². The molecule has 0 fully saturated rings. The van der Waals surface area contributed by atoms with Gasteiger partial charge in [-0.15, -0.1) is 0 Å². The van der Waals surface area contributed by atoms with Gasteiger partial charge in [0.05, 0.1) is 39.4 Å². The van der Waals surface area contributed by atoms with E-state index in [9.17, 15) is 4.79 Å². The Kier molecular flexibility index (Phi) is 6.49. The van der Waals surface area contributed by atoms with Gasteiger partial charge in [-0.25, -0.2) is 0 Å². The summed E-state index contributed by atoms with van der Waals surface area (Å²) in [6, 6.07) is 0. The van der Waals surface area contributed by atoms with Crippen LogP contribution in [0.5, 0.6) is 0 Å². The summed E-state index contributed by atoms with van der Waals surface area (Å²) >= 11 is 0. The monoisotopic (exact) mass is 227 g/mol. The SMILES string of the molecule is C=CNC(=C)C[N+](C)(C)CCC(=O)OCC. The van der Waals surface area contributed by atoms with Gasteiger partial charge in [-0.05, 0) is 13.1 Å². The van der Waals surface area contributed by atoms with Crippen LogP contribution < -0.4 is 5.32 Å². The first-order valence-electron chi connectivity index (χ1n) is 5.44. The Balaban J connectivity index is 3.99. The zero-order chi connectivity index (χ0) is 12.6. The van der Waals surface area contributed by atoms with Crippen LogP contribution in [0.1, 0.15) is 13.3 Å². The summed E-state index contributed by atoms with van der Waals surface area (Å²) in [6.07, 6.45) is 2.04. The lowest BCUT2D eigenvalue weighted by Crippen LogP contribution is -2.44. The van der Waals surface area contributed by atoms with Gasteiger partial charge in [0.2, 0.25) is 0 Å². The topological polar surface area (TPSA) is 38.3 Å².